The molecule has 33 heavy (non-hydrogen) atoms. The van der Waals surface area contributed by atoms with Crippen molar-refractivity contribution in [2.75, 3.05) is 20.1 Å². The standard InChI is InChI=1S/C25H33N3O4S/c1-25(2,3)21-8-10-22(11-9-21)33(31,32)28-14-12-19(13-15-28)24(30)27(4)17-18-6-5-7-20(16-18)23(26)29/h5-11,16,19H,12-15,17H2,1-4H3,(H2,26,29). The van der Waals surface area contributed by atoms with Crippen LogP contribution in [0.25, 0.3) is 0 Å². The minimum atomic E-state index is -3.59. The van der Waals surface area contributed by atoms with Gasteiger partial charge in [0.05, 0.1) is 4.90 Å². The average molecular weight is 472 g/mol. The first kappa shape index (κ1) is 24.9. The van der Waals surface area contributed by atoms with Crippen molar-refractivity contribution >= 4 is 21.8 Å². The van der Waals surface area contributed by atoms with Crippen molar-refractivity contribution in [3.05, 3.63) is 65.2 Å². The Kier molecular flexibility index (Phi) is 7.29. The molecular formula is C25H33N3O4S. The highest BCUT2D eigenvalue weighted by molar-refractivity contribution is 7.89. The number of hydrogen-bond donors (Lipinski definition) is 1. The smallest absolute Gasteiger partial charge is 0.248 e. The van der Waals surface area contributed by atoms with E-state index in [2.05, 4.69) is 20.8 Å². The Hall–Kier alpha value is -2.71. The zero-order chi connectivity index (χ0) is 24.4. The van der Waals surface area contributed by atoms with Gasteiger partial charge in [0.1, 0.15) is 0 Å². The van der Waals surface area contributed by atoms with Gasteiger partial charge >= 0.3 is 0 Å². The van der Waals surface area contributed by atoms with Crippen LogP contribution in [-0.2, 0) is 26.8 Å². The van der Waals surface area contributed by atoms with Crippen molar-refractivity contribution in [3.8, 4) is 0 Å². The molecule has 2 aromatic rings. The van der Waals surface area contributed by atoms with Crippen LogP contribution in [0, 0.1) is 5.92 Å². The molecule has 1 saturated heterocycles. The molecule has 1 heterocycles. The second-order valence-corrected chi connectivity index (χ2v) is 11.6. The number of nitrogens with two attached hydrogens (primary N) is 1. The van der Waals surface area contributed by atoms with Crippen LogP contribution in [-0.4, -0.2) is 49.6 Å². The molecule has 0 spiro atoms. The van der Waals surface area contributed by atoms with E-state index in [4.69, 9.17) is 5.73 Å². The van der Waals surface area contributed by atoms with Crippen LogP contribution < -0.4 is 5.73 Å². The summed E-state index contributed by atoms with van der Waals surface area (Å²) in [5.74, 6) is -0.762. The van der Waals surface area contributed by atoms with E-state index in [1.54, 1.807) is 42.3 Å². The number of nitrogens with zero attached hydrogens (tertiary/aromatic N) is 2. The second-order valence-electron chi connectivity index (χ2n) is 9.71. The van der Waals surface area contributed by atoms with Crippen molar-refractivity contribution in [1.82, 2.24) is 9.21 Å². The van der Waals surface area contributed by atoms with E-state index in [0.29, 0.717) is 38.0 Å². The fraction of sp³-hybridized carbons (Fsp3) is 0.440. The van der Waals surface area contributed by atoms with Gasteiger partial charge in [-0.3, -0.25) is 9.59 Å². The molecule has 2 amide bonds. The van der Waals surface area contributed by atoms with Crippen LogP contribution >= 0.6 is 0 Å². The van der Waals surface area contributed by atoms with E-state index in [9.17, 15) is 18.0 Å². The highest BCUT2D eigenvalue weighted by Gasteiger charge is 2.33. The Morgan fingerprint density at radius 2 is 1.67 bits per heavy atom. The Morgan fingerprint density at radius 1 is 1.06 bits per heavy atom. The maximum absolute atomic E-state index is 13.1. The summed E-state index contributed by atoms with van der Waals surface area (Å²) < 4.78 is 27.6. The lowest BCUT2D eigenvalue weighted by Gasteiger charge is -2.32. The van der Waals surface area contributed by atoms with Crippen molar-refractivity contribution in [2.45, 2.75) is 50.5 Å². The zero-order valence-corrected chi connectivity index (χ0v) is 20.6. The Labute approximate surface area is 196 Å². The largest absolute Gasteiger partial charge is 0.366 e. The molecule has 2 aromatic carbocycles. The number of piperidine rings is 1. The fourth-order valence-electron chi connectivity index (χ4n) is 4.11. The lowest BCUT2D eigenvalue weighted by atomic mass is 9.87. The van der Waals surface area contributed by atoms with E-state index in [1.165, 1.54) is 4.31 Å². The second kappa shape index (κ2) is 9.65. The molecule has 1 aliphatic heterocycles. The maximum Gasteiger partial charge on any atom is 0.248 e. The van der Waals surface area contributed by atoms with Gasteiger partial charge in [0.15, 0.2) is 0 Å². The van der Waals surface area contributed by atoms with Crippen molar-refractivity contribution in [2.24, 2.45) is 11.7 Å². The molecule has 0 saturated carbocycles. The molecule has 0 unspecified atom stereocenters. The summed E-state index contributed by atoms with van der Waals surface area (Å²) in [7, 11) is -1.87. The van der Waals surface area contributed by atoms with Gasteiger partial charge in [0.25, 0.3) is 0 Å². The van der Waals surface area contributed by atoms with Gasteiger partial charge in [-0.2, -0.15) is 4.31 Å². The fourth-order valence-corrected chi connectivity index (χ4v) is 5.58. The normalized spacial score (nSPS) is 15.9. The van der Waals surface area contributed by atoms with Gasteiger partial charge < -0.3 is 10.6 Å². The predicted octanol–water partition coefficient (Wildman–Crippen LogP) is 3.14. The number of rotatable bonds is 6. The van der Waals surface area contributed by atoms with E-state index >= 15 is 0 Å². The Bertz CT molecular complexity index is 1110. The van der Waals surface area contributed by atoms with Gasteiger partial charge in [-0.15, -0.1) is 0 Å². The number of carbonyl (C=O) groups is 2. The van der Waals surface area contributed by atoms with Gasteiger partial charge in [0.2, 0.25) is 21.8 Å². The van der Waals surface area contributed by atoms with Crippen molar-refractivity contribution < 1.29 is 18.0 Å². The first-order valence-corrected chi connectivity index (χ1v) is 12.6. The molecule has 0 aliphatic carbocycles. The molecule has 0 bridgehead atoms. The van der Waals surface area contributed by atoms with Crippen LogP contribution in [0.2, 0.25) is 0 Å². The molecule has 0 radical (unpaired) electrons. The average Bonchev–Trinajstić information content (AvgIpc) is 2.78. The minimum Gasteiger partial charge on any atom is -0.366 e. The number of sulfonamides is 1. The summed E-state index contributed by atoms with van der Waals surface area (Å²) in [5.41, 5.74) is 7.59. The first-order chi connectivity index (χ1) is 15.4. The summed E-state index contributed by atoms with van der Waals surface area (Å²) in [6.07, 6.45) is 0.952. The topological polar surface area (TPSA) is 101 Å². The van der Waals surface area contributed by atoms with Gasteiger partial charge in [0, 0.05) is 38.2 Å². The van der Waals surface area contributed by atoms with E-state index in [0.717, 1.165) is 11.1 Å². The molecule has 178 valence electrons. The third-order valence-electron chi connectivity index (χ3n) is 6.17. The van der Waals surface area contributed by atoms with E-state index in [1.807, 2.05) is 18.2 Å². The van der Waals surface area contributed by atoms with E-state index < -0.39 is 15.9 Å². The molecule has 1 fully saturated rings. The SMILES string of the molecule is CN(Cc1cccc(C(N)=O)c1)C(=O)C1CCN(S(=O)(=O)c2ccc(C(C)(C)C)cc2)CC1. The van der Waals surface area contributed by atoms with Crippen molar-refractivity contribution in [1.29, 1.82) is 0 Å². The maximum atomic E-state index is 13.1. The van der Waals surface area contributed by atoms with Crippen LogP contribution in [0.5, 0.6) is 0 Å². The summed E-state index contributed by atoms with van der Waals surface area (Å²) in [4.78, 5) is 26.2. The lowest BCUT2D eigenvalue weighted by Crippen LogP contribution is -2.43. The van der Waals surface area contributed by atoms with Crippen LogP contribution in [0.4, 0.5) is 0 Å². The van der Waals surface area contributed by atoms with Crippen LogP contribution in [0.1, 0.15) is 55.1 Å². The predicted molar refractivity (Wildman–Crippen MR) is 128 cm³/mol. The highest BCUT2D eigenvalue weighted by Crippen LogP contribution is 2.28. The van der Waals surface area contributed by atoms with Gasteiger partial charge in [-0.05, 0) is 53.6 Å². The molecular weight excluding hydrogens is 438 g/mol. The van der Waals surface area contributed by atoms with Crippen molar-refractivity contribution in [3.63, 3.8) is 0 Å². The van der Waals surface area contributed by atoms with Crippen LogP contribution in [0.15, 0.2) is 53.4 Å². The molecule has 8 heteroatoms. The van der Waals surface area contributed by atoms with E-state index in [-0.39, 0.29) is 22.1 Å². The molecule has 0 aromatic heterocycles. The van der Waals surface area contributed by atoms with Gasteiger partial charge in [-0.25, -0.2) is 8.42 Å². The summed E-state index contributed by atoms with van der Waals surface area (Å²) >= 11 is 0. The number of primary amides is 1. The molecule has 1 aliphatic rings. The summed E-state index contributed by atoms with van der Waals surface area (Å²) in [5, 5.41) is 0. The summed E-state index contributed by atoms with van der Waals surface area (Å²) in [6, 6.07) is 14.0. The monoisotopic (exact) mass is 471 g/mol. The number of carbonyl (C=O) groups excluding carboxylic acids is 2. The first-order valence-electron chi connectivity index (χ1n) is 11.1. The molecule has 2 N–H and O–H groups in total. The lowest BCUT2D eigenvalue weighted by molar-refractivity contribution is -0.135. The van der Waals surface area contributed by atoms with Crippen LogP contribution in [0.3, 0.4) is 0 Å². The zero-order valence-electron chi connectivity index (χ0n) is 19.7. The third kappa shape index (κ3) is 5.81. The third-order valence-corrected chi connectivity index (χ3v) is 8.08. The number of benzene rings is 2. The number of amides is 2. The minimum absolute atomic E-state index is 0.0222. The number of hydrogen-bond acceptors (Lipinski definition) is 4. The molecule has 0 atom stereocenters. The van der Waals surface area contributed by atoms with Gasteiger partial charge in [-0.1, -0.05) is 45.0 Å². The highest BCUT2D eigenvalue weighted by atomic mass is 32.2. The molecule has 3 rings (SSSR count). The molecule has 7 nitrogen and oxygen atoms in total. The quantitative estimate of drug-likeness (QED) is 0.699. The summed E-state index contributed by atoms with van der Waals surface area (Å²) in [6.45, 7) is 7.24. The Balaban J connectivity index is 1.61. The Morgan fingerprint density at radius 3 is 2.21 bits per heavy atom.